The highest BCUT2D eigenvalue weighted by atomic mass is 19.3. The highest BCUT2D eigenvalue weighted by Crippen LogP contribution is 2.18. The molecule has 0 aliphatic heterocycles. The lowest BCUT2D eigenvalue weighted by Gasteiger charge is -2.11. The first-order valence-electron chi connectivity index (χ1n) is 3.59. The van der Waals surface area contributed by atoms with Gasteiger partial charge in [0.25, 0.3) is 6.43 Å². The van der Waals surface area contributed by atoms with E-state index < -0.39 is 12.5 Å². The van der Waals surface area contributed by atoms with E-state index in [1.165, 1.54) is 17.9 Å². The molecule has 1 aromatic rings. The normalized spacial score (nSPS) is 13.8. The quantitative estimate of drug-likeness (QED) is 0.741. The Kier molecular flexibility index (Phi) is 2.75. The Morgan fingerprint density at radius 3 is 2.58 bits per heavy atom. The topological polar surface area (TPSA) is 29.9 Å². The van der Waals surface area contributed by atoms with Crippen LogP contribution in [0.5, 0.6) is 0 Å². The zero-order valence-electron chi connectivity index (χ0n) is 6.96. The molecule has 0 aliphatic rings. The van der Waals surface area contributed by atoms with Gasteiger partial charge >= 0.3 is 0 Å². The third kappa shape index (κ3) is 1.79. The van der Waals surface area contributed by atoms with Crippen molar-refractivity contribution in [1.29, 1.82) is 0 Å². The minimum atomic E-state index is -2.40. The van der Waals surface area contributed by atoms with Gasteiger partial charge in [0.2, 0.25) is 0 Å². The number of aromatic nitrogens is 2. The summed E-state index contributed by atoms with van der Waals surface area (Å²) in [6.45, 7) is 0. The van der Waals surface area contributed by atoms with Gasteiger partial charge in [0.05, 0.1) is 12.2 Å². The summed E-state index contributed by atoms with van der Waals surface area (Å²) >= 11 is 0. The highest BCUT2D eigenvalue weighted by Gasteiger charge is 2.21. The van der Waals surface area contributed by atoms with Gasteiger partial charge in [-0.1, -0.05) is 0 Å². The summed E-state index contributed by atoms with van der Waals surface area (Å²) in [5, 5.41) is 6.34. The number of alkyl halides is 2. The number of halogens is 2. The molecule has 1 heterocycles. The van der Waals surface area contributed by atoms with Crippen LogP contribution in [0.2, 0.25) is 0 Å². The fourth-order valence-corrected chi connectivity index (χ4v) is 1.04. The van der Waals surface area contributed by atoms with Crippen molar-refractivity contribution >= 4 is 0 Å². The monoisotopic (exact) mass is 175 g/mol. The molecule has 1 aromatic heterocycles. The van der Waals surface area contributed by atoms with E-state index in [4.69, 9.17) is 0 Å². The van der Waals surface area contributed by atoms with Crippen LogP contribution in [-0.2, 0) is 7.05 Å². The molecule has 0 spiro atoms. The fraction of sp³-hybridized carbons (Fsp3) is 0.571. The lowest BCUT2D eigenvalue weighted by molar-refractivity contribution is 0.102. The molecule has 0 aliphatic carbocycles. The van der Waals surface area contributed by atoms with Crippen LogP contribution < -0.4 is 5.32 Å². The van der Waals surface area contributed by atoms with Crippen molar-refractivity contribution < 1.29 is 8.78 Å². The van der Waals surface area contributed by atoms with Crippen LogP contribution in [0.3, 0.4) is 0 Å². The number of hydrogen-bond acceptors (Lipinski definition) is 2. The molecule has 0 radical (unpaired) electrons. The minimum Gasteiger partial charge on any atom is -0.308 e. The van der Waals surface area contributed by atoms with Crippen molar-refractivity contribution in [3.8, 4) is 0 Å². The van der Waals surface area contributed by atoms with Crippen molar-refractivity contribution in [2.24, 2.45) is 7.05 Å². The third-order valence-electron chi connectivity index (χ3n) is 1.65. The van der Waals surface area contributed by atoms with Crippen LogP contribution in [0.15, 0.2) is 12.4 Å². The van der Waals surface area contributed by atoms with E-state index in [-0.39, 0.29) is 0 Å². The van der Waals surface area contributed by atoms with E-state index in [1.54, 1.807) is 13.2 Å². The summed E-state index contributed by atoms with van der Waals surface area (Å²) in [7, 11) is 3.20. The number of nitrogens with zero attached hydrogens (tertiary/aromatic N) is 2. The van der Waals surface area contributed by atoms with Gasteiger partial charge in [-0.3, -0.25) is 4.68 Å². The van der Waals surface area contributed by atoms with Crippen LogP contribution >= 0.6 is 0 Å². The average molecular weight is 175 g/mol. The SMILES string of the molecule is CNC(c1cnn(C)c1)C(F)F. The van der Waals surface area contributed by atoms with E-state index in [0.29, 0.717) is 5.56 Å². The van der Waals surface area contributed by atoms with Gasteiger partial charge < -0.3 is 5.32 Å². The summed E-state index contributed by atoms with van der Waals surface area (Å²) in [6.07, 6.45) is 0.611. The summed E-state index contributed by atoms with van der Waals surface area (Å²) in [6, 6.07) is -0.918. The second kappa shape index (κ2) is 3.62. The van der Waals surface area contributed by atoms with E-state index in [9.17, 15) is 8.78 Å². The molecule has 0 saturated heterocycles. The Morgan fingerprint density at radius 1 is 1.58 bits per heavy atom. The average Bonchev–Trinajstić information content (AvgIpc) is 2.37. The Labute approximate surface area is 69.4 Å². The van der Waals surface area contributed by atoms with Crippen LogP contribution in [0.1, 0.15) is 11.6 Å². The molecule has 0 aromatic carbocycles. The standard InChI is InChI=1S/C7H11F2N3/c1-10-6(7(8)9)5-3-11-12(2)4-5/h3-4,6-7,10H,1-2H3. The molecule has 1 atom stereocenters. The van der Waals surface area contributed by atoms with E-state index in [1.807, 2.05) is 0 Å². The van der Waals surface area contributed by atoms with Crippen LogP contribution in [0.25, 0.3) is 0 Å². The molecule has 5 heteroatoms. The molecule has 0 fully saturated rings. The van der Waals surface area contributed by atoms with Gasteiger partial charge in [-0.2, -0.15) is 5.10 Å². The first-order valence-corrected chi connectivity index (χ1v) is 3.59. The zero-order valence-corrected chi connectivity index (χ0v) is 6.96. The number of nitrogens with one attached hydrogen (secondary N) is 1. The molecule has 1 N–H and O–H groups in total. The first kappa shape index (κ1) is 9.12. The summed E-state index contributed by atoms with van der Waals surface area (Å²) in [5.74, 6) is 0. The largest absolute Gasteiger partial charge is 0.308 e. The molecule has 0 amide bonds. The predicted molar refractivity (Wildman–Crippen MR) is 41.0 cm³/mol. The van der Waals surface area contributed by atoms with Crippen molar-refractivity contribution in [3.05, 3.63) is 18.0 Å². The zero-order chi connectivity index (χ0) is 9.14. The Hall–Kier alpha value is -0.970. The van der Waals surface area contributed by atoms with E-state index >= 15 is 0 Å². The molecule has 1 unspecified atom stereocenters. The predicted octanol–water partition coefficient (Wildman–Crippen LogP) is 0.946. The molecule has 12 heavy (non-hydrogen) atoms. The van der Waals surface area contributed by atoms with Crippen molar-refractivity contribution in [2.45, 2.75) is 12.5 Å². The van der Waals surface area contributed by atoms with Crippen LogP contribution in [-0.4, -0.2) is 23.3 Å². The van der Waals surface area contributed by atoms with Crippen molar-refractivity contribution in [1.82, 2.24) is 15.1 Å². The minimum absolute atomic E-state index is 0.509. The van der Waals surface area contributed by atoms with Crippen molar-refractivity contribution in [2.75, 3.05) is 7.05 Å². The Balaban J connectivity index is 2.80. The molecule has 3 nitrogen and oxygen atoms in total. The van der Waals surface area contributed by atoms with Gasteiger partial charge in [0, 0.05) is 18.8 Å². The molecule has 68 valence electrons. The fourth-order valence-electron chi connectivity index (χ4n) is 1.04. The van der Waals surface area contributed by atoms with Gasteiger partial charge in [-0.25, -0.2) is 8.78 Å². The Morgan fingerprint density at radius 2 is 2.25 bits per heavy atom. The maximum atomic E-state index is 12.3. The van der Waals surface area contributed by atoms with E-state index in [0.717, 1.165) is 0 Å². The lowest BCUT2D eigenvalue weighted by Crippen LogP contribution is -2.23. The first-order chi connectivity index (χ1) is 5.65. The number of hydrogen-bond donors (Lipinski definition) is 1. The number of aryl methyl sites for hydroxylation is 1. The van der Waals surface area contributed by atoms with Gasteiger partial charge in [0.1, 0.15) is 0 Å². The molecular formula is C7H11F2N3. The number of rotatable bonds is 3. The lowest BCUT2D eigenvalue weighted by atomic mass is 10.2. The van der Waals surface area contributed by atoms with Crippen LogP contribution in [0.4, 0.5) is 8.78 Å². The summed E-state index contributed by atoms with van der Waals surface area (Å²) < 4.78 is 26.1. The summed E-state index contributed by atoms with van der Waals surface area (Å²) in [4.78, 5) is 0. The van der Waals surface area contributed by atoms with E-state index in [2.05, 4.69) is 10.4 Å². The van der Waals surface area contributed by atoms with Gasteiger partial charge in [-0.05, 0) is 7.05 Å². The van der Waals surface area contributed by atoms with Gasteiger partial charge in [0.15, 0.2) is 0 Å². The second-order valence-corrected chi connectivity index (χ2v) is 2.55. The highest BCUT2D eigenvalue weighted by molar-refractivity contribution is 5.10. The Bertz CT molecular complexity index is 247. The maximum Gasteiger partial charge on any atom is 0.257 e. The summed E-state index contributed by atoms with van der Waals surface area (Å²) in [5.41, 5.74) is 0.509. The molecule has 1 rings (SSSR count). The van der Waals surface area contributed by atoms with Crippen molar-refractivity contribution in [3.63, 3.8) is 0 Å². The second-order valence-electron chi connectivity index (χ2n) is 2.55. The smallest absolute Gasteiger partial charge is 0.257 e. The third-order valence-corrected chi connectivity index (χ3v) is 1.65. The van der Waals surface area contributed by atoms with Gasteiger partial charge in [-0.15, -0.1) is 0 Å². The van der Waals surface area contributed by atoms with Crippen LogP contribution in [0, 0.1) is 0 Å². The maximum absolute atomic E-state index is 12.3. The molecule has 0 saturated carbocycles. The molecular weight excluding hydrogens is 164 g/mol. The molecule has 0 bridgehead atoms.